The van der Waals surface area contributed by atoms with Gasteiger partial charge in [-0.25, -0.2) is 0 Å². The maximum Gasteiger partial charge on any atom is 0.234 e. The maximum atomic E-state index is 12.6. The lowest BCUT2D eigenvalue weighted by Gasteiger charge is -2.25. The molecule has 3 rings (SSSR count). The molecule has 0 fully saturated rings. The van der Waals surface area contributed by atoms with Crippen molar-refractivity contribution >= 4 is 28.8 Å². The van der Waals surface area contributed by atoms with E-state index in [9.17, 15) is 4.79 Å². The molecule has 2 aromatic rings. The first kappa shape index (κ1) is 21.0. The zero-order valence-corrected chi connectivity index (χ0v) is 18.1. The molecule has 2 heterocycles. The maximum absolute atomic E-state index is 12.6. The van der Waals surface area contributed by atoms with Crippen molar-refractivity contribution in [1.29, 1.82) is 0 Å². The van der Waals surface area contributed by atoms with Gasteiger partial charge in [0.1, 0.15) is 0 Å². The van der Waals surface area contributed by atoms with Crippen molar-refractivity contribution in [1.82, 2.24) is 10.2 Å². The molecule has 1 aromatic carbocycles. The third-order valence-corrected chi connectivity index (χ3v) is 5.80. The van der Waals surface area contributed by atoms with Crippen molar-refractivity contribution in [2.24, 2.45) is 5.92 Å². The van der Waals surface area contributed by atoms with Crippen LogP contribution in [-0.2, 0) is 11.3 Å². The third kappa shape index (κ3) is 5.63. The number of carbonyl (C=O) groups excluding carboxylic acids is 1. The van der Waals surface area contributed by atoms with Gasteiger partial charge in [-0.2, -0.15) is 0 Å². The molecule has 0 radical (unpaired) electrons. The summed E-state index contributed by atoms with van der Waals surface area (Å²) in [6.07, 6.45) is 0.871. The van der Waals surface area contributed by atoms with Crippen LogP contribution < -0.4 is 14.8 Å². The summed E-state index contributed by atoms with van der Waals surface area (Å²) in [4.78, 5) is 15.8. The van der Waals surface area contributed by atoms with E-state index in [0.29, 0.717) is 26.3 Å². The van der Waals surface area contributed by atoms with Crippen LogP contribution in [0.1, 0.15) is 36.8 Å². The summed E-state index contributed by atoms with van der Waals surface area (Å²) in [6.45, 7) is 6.53. The van der Waals surface area contributed by atoms with E-state index >= 15 is 0 Å². The standard InChI is InChI=1S/C21H27ClN2O3S/c1-14(2)21(15-5-7-17-18(11-15)27-10-4-9-26-17)23-20(25)13-24(3)12-16-6-8-19(22)28-16/h5-8,11,14,21H,4,9-10,12-13H2,1-3H3,(H,23,25). The van der Waals surface area contributed by atoms with E-state index in [4.69, 9.17) is 21.1 Å². The smallest absolute Gasteiger partial charge is 0.234 e. The molecule has 1 N–H and O–H groups in total. The Morgan fingerprint density at radius 3 is 2.64 bits per heavy atom. The molecule has 5 nitrogen and oxygen atoms in total. The molecular formula is C21H27ClN2O3S. The minimum absolute atomic E-state index is 0.00374. The van der Waals surface area contributed by atoms with Crippen LogP contribution >= 0.6 is 22.9 Å². The molecule has 0 saturated heterocycles. The van der Waals surface area contributed by atoms with Crippen molar-refractivity contribution in [3.05, 3.63) is 45.1 Å². The van der Waals surface area contributed by atoms with Gasteiger partial charge in [-0.05, 0) is 42.8 Å². The topological polar surface area (TPSA) is 50.8 Å². The van der Waals surface area contributed by atoms with Gasteiger partial charge in [0, 0.05) is 17.8 Å². The normalized spacial score (nSPS) is 14.8. The van der Waals surface area contributed by atoms with Crippen LogP contribution in [0.25, 0.3) is 0 Å². The van der Waals surface area contributed by atoms with Gasteiger partial charge < -0.3 is 14.8 Å². The van der Waals surface area contributed by atoms with Crippen LogP contribution in [0.4, 0.5) is 0 Å². The molecule has 1 atom stereocenters. The fourth-order valence-electron chi connectivity index (χ4n) is 3.23. The Bertz CT molecular complexity index is 809. The Morgan fingerprint density at radius 2 is 1.96 bits per heavy atom. The molecular weight excluding hydrogens is 396 g/mol. The highest BCUT2D eigenvalue weighted by Crippen LogP contribution is 2.34. The fourth-order valence-corrected chi connectivity index (χ4v) is 4.40. The summed E-state index contributed by atoms with van der Waals surface area (Å²) in [6, 6.07) is 9.72. The monoisotopic (exact) mass is 422 g/mol. The minimum Gasteiger partial charge on any atom is -0.490 e. The summed E-state index contributed by atoms with van der Waals surface area (Å²) >= 11 is 7.52. The number of likely N-dealkylation sites (N-methyl/N-ethyl adjacent to an activating group) is 1. The average molecular weight is 423 g/mol. The predicted octanol–water partition coefficient (Wildman–Crippen LogP) is 4.51. The van der Waals surface area contributed by atoms with Crippen LogP contribution in [0, 0.1) is 5.92 Å². The van der Waals surface area contributed by atoms with Crippen molar-refractivity contribution in [2.75, 3.05) is 26.8 Å². The van der Waals surface area contributed by atoms with Gasteiger partial charge in [-0.15, -0.1) is 11.3 Å². The van der Waals surface area contributed by atoms with Gasteiger partial charge in [0.15, 0.2) is 11.5 Å². The van der Waals surface area contributed by atoms with Crippen molar-refractivity contribution in [3.8, 4) is 11.5 Å². The van der Waals surface area contributed by atoms with E-state index in [1.54, 1.807) is 0 Å². The number of hydrogen-bond acceptors (Lipinski definition) is 5. The summed E-state index contributed by atoms with van der Waals surface area (Å²) in [5.41, 5.74) is 1.03. The first-order valence-corrected chi connectivity index (χ1v) is 10.7. The number of nitrogens with zero attached hydrogens (tertiary/aromatic N) is 1. The number of rotatable bonds is 7. The molecule has 1 aliphatic heterocycles. The average Bonchev–Trinajstić information content (AvgIpc) is 2.90. The largest absolute Gasteiger partial charge is 0.490 e. The Morgan fingerprint density at radius 1 is 1.21 bits per heavy atom. The van der Waals surface area contributed by atoms with E-state index in [-0.39, 0.29) is 17.9 Å². The molecule has 1 unspecified atom stereocenters. The molecule has 1 aliphatic rings. The lowest BCUT2D eigenvalue weighted by atomic mass is 9.95. The highest BCUT2D eigenvalue weighted by atomic mass is 35.5. The molecule has 28 heavy (non-hydrogen) atoms. The van der Waals surface area contributed by atoms with Gasteiger partial charge in [0.25, 0.3) is 0 Å². The van der Waals surface area contributed by atoms with E-state index in [1.807, 2.05) is 42.3 Å². The Hall–Kier alpha value is -1.76. The molecule has 0 aliphatic carbocycles. The second-order valence-corrected chi connectivity index (χ2v) is 9.22. The molecule has 1 amide bonds. The van der Waals surface area contributed by atoms with Crippen LogP contribution in [0.3, 0.4) is 0 Å². The quantitative estimate of drug-likeness (QED) is 0.713. The Kier molecular flexibility index (Phi) is 7.21. The predicted molar refractivity (Wildman–Crippen MR) is 113 cm³/mol. The number of fused-ring (bicyclic) bond motifs is 1. The third-order valence-electron chi connectivity index (χ3n) is 4.58. The van der Waals surface area contributed by atoms with Crippen molar-refractivity contribution < 1.29 is 14.3 Å². The first-order valence-electron chi connectivity index (χ1n) is 9.54. The van der Waals surface area contributed by atoms with E-state index < -0.39 is 0 Å². The van der Waals surface area contributed by atoms with Gasteiger partial charge >= 0.3 is 0 Å². The van der Waals surface area contributed by atoms with Crippen LogP contribution in [0.15, 0.2) is 30.3 Å². The van der Waals surface area contributed by atoms with E-state index in [0.717, 1.165) is 32.7 Å². The lowest BCUT2D eigenvalue weighted by molar-refractivity contribution is -0.123. The molecule has 7 heteroatoms. The molecule has 152 valence electrons. The molecule has 0 saturated carbocycles. The molecule has 0 spiro atoms. The van der Waals surface area contributed by atoms with Crippen molar-refractivity contribution in [3.63, 3.8) is 0 Å². The number of carbonyl (C=O) groups is 1. The summed E-state index contributed by atoms with van der Waals surface area (Å²) in [5, 5.41) is 3.18. The molecule has 1 aromatic heterocycles. The Balaban J connectivity index is 1.64. The summed E-state index contributed by atoms with van der Waals surface area (Å²) < 4.78 is 12.3. The summed E-state index contributed by atoms with van der Waals surface area (Å²) in [7, 11) is 1.94. The second-order valence-electron chi connectivity index (χ2n) is 7.42. The fraction of sp³-hybridized carbons (Fsp3) is 0.476. The van der Waals surface area contributed by atoms with Crippen molar-refractivity contribution in [2.45, 2.75) is 32.9 Å². The number of halogens is 1. The van der Waals surface area contributed by atoms with E-state index in [2.05, 4.69) is 19.2 Å². The molecule has 0 bridgehead atoms. The number of ether oxygens (including phenoxy) is 2. The second kappa shape index (κ2) is 9.63. The van der Waals surface area contributed by atoms with Crippen LogP contribution in [0.5, 0.6) is 11.5 Å². The van der Waals surface area contributed by atoms with Gasteiger partial charge in [0.2, 0.25) is 5.91 Å². The first-order chi connectivity index (χ1) is 13.4. The number of thiophene rings is 1. The number of hydrogen-bond donors (Lipinski definition) is 1. The number of benzene rings is 1. The van der Waals surface area contributed by atoms with E-state index in [1.165, 1.54) is 11.3 Å². The minimum atomic E-state index is -0.0887. The Labute approximate surface area is 175 Å². The van der Waals surface area contributed by atoms with Crippen LogP contribution in [0.2, 0.25) is 4.34 Å². The number of nitrogens with one attached hydrogen (secondary N) is 1. The van der Waals surface area contributed by atoms with Gasteiger partial charge in [-0.1, -0.05) is 31.5 Å². The summed E-state index contributed by atoms with van der Waals surface area (Å²) in [5.74, 6) is 1.76. The van der Waals surface area contributed by atoms with Gasteiger partial charge in [-0.3, -0.25) is 9.69 Å². The highest BCUT2D eigenvalue weighted by Gasteiger charge is 2.21. The zero-order chi connectivity index (χ0) is 20.1. The highest BCUT2D eigenvalue weighted by molar-refractivity contribution is 7.16. The van der Waals surface area contributed by atoms with Crippen LogP contribution in [-0.4, -0.2) is 37.6 Å². The SMILES string of the molecule is CC(C)C(NC(=O)CN(C)Cc1ccc(Cl)s1)c1ccc2c(c1)OCCCO2. The lowest BCUT2D eigenvalue weighted by Crippen LogP contribution is -2.38. The van der Waals surface area contributed by atoms with Gasteiger partial charge in [0.05, 0.1) is 30.1 Å². The number of amides is 1. The zero-order valence-electron chi connectivity index (χ0n) is 16.5.